The van der Waals surface area contributed by atoms with E-state index in [1.165, 1.54) is 0 Å². The molecule has 1 atom stereocenters. The zero-order valence-corrected chi connectivity index (χ0v) is 7.87. The molecule has 4 heteroatoms. The molecule has 0 saturated heterocycles. The van der Waals surface area contributed by atoms with Crippen molar-refractivity contribution in [2.24, 2.45) is 5.73 Å². The summed E-state index contributed by atoms with van der Waals surface area (Å²) in [5.41, 5.74) is 6.59. The summed E-state index contributed by atoms with van der Waals surface area (Å²) in [6.07, 6.45) is 4.16. The maximum absolute atomic E-state index is 5.76. The summed E-state index contributed by atoms with van der Waals surface area (Å²) in [7, 11) is 0. The van der Waals surface area contributed by atoms with E-state index in [2.05, 4.69) is 25.9 Å². The Kier molecular flexibility index (Phi) is 2.96. The molecule has 0 bridgehead atoms. The van der Waals surface area contributed by atoms with Gasteiger partial charge in [0.1, 0.15) is 4.60 Å². The Morgan fingerprint density at radius 2 is 2.18 bits per heavy atom. The highest BCUT2D eigenvalue weighted by atomic mass is 79.9. The van der Waals surface area contributed by atoms with Crippen molar-refractivity contribution in [3.63, 3.8) is 0 Å². The second kappa shape index (κ2) is 3.78. The van der Waals surface area contributed by atoms with E-state index < -0.39 is 0 Å². The highest BCUT2D eigenvalue weighted by Gasteiger charge is 2.08. The maximum atomic E-state index is 5.76. The Labute approximate surface area is 74.2 Å². The van der Waals surface area contributed by atoms with Gasteiger partial charge in [0.15, 0.2) is 0 Å². The Morgan fingerprint density at radius 1 is 1.55 bits per heavy atom. The maximum Gasteiger partial charge on any atom is 0.129 e. The molecule has 2 N–H and O–H groups in total. The van der Waals surface area contributed by atoms with Crippen LogP contribution in [0.15, 0.2) is 17.0 Å². The first-order valence-electron chi connectivity index (χ1n) is 3.47. The van der Waals surface area contributed by atoms with Gasteiger partial charge >= 0.3 is 0 Å². The molecular formula is C7H10BrN3. The molecular weight excluding hydrogens is 206 g/mol. The summed E-state index contributed by atoms with van der Waals surface area (Å²) in [4.78, 5) is 8.14. The molecule has 0 aliphatic heterocycles. The van der Waals surface area contributed by atoms with E-state index in [9.17, 15) is 0 Å². The lowest BCUT2D eigenvalue weighted by Crippen LogP contribution is -2.11. The largest absolute Gasteiger partial charge is 0.323 e. The summed E-state index contributed by atoms with van der Waals surface area (Å²) >= 11 is 3.28. The average Bonchev–Trinajstić information content (AvgIpc) is 2.04. The summed E-state index contributed by atoms with van der Waals surface area (Å²) in [6.45, 7) is 2.02. The molecule has 11 heavy (non-hydrogen) atoms. The first-order valence-corrected chi connectivity index (χ1v) is 4.27. The molecule has 1 rings (SSSR count). The SMILES string of the molecule is CCC(N)c1nccnc1Br. The van der Waals surface area contributed by atoms with E-state index in [0.717, 1.165) is 16.7 Å². The van der Waals surface area contributed by atoms with Crippen molar-refractivity contribution in [2.45, 2.75) is 19.4 Å². The second-order valence-electron chi connectivity index (χ2n) is 2.25. The minimum atomic E-state index is -0.0157. The van der Waals surface area contributed by atoms with Crippen molar-refractivity contribution in [1.82, 2.24) is 9.97 Å². The van der Waals surface area contributed by atoms with Crippen LogP contribution in [0.1, 0.15) is 25.1 Å². The fourth-order valence-corrected chi connectivity index (χ4v) is 1.29. The monoisotopic (exact) mass is 215 g/mol. The van der Waals surface area contributed by atoms with Gasteiger partial charge in [-0.05, 0) is 22.4 Å². The Balaban J connectivity index is 2.93. The zero-order valence-electron chi connectivity index (χ0n) is 6.29. The third-order valence-corrected chi connectivity index (χ3v) is 2.08. The number of nitrogens with two attached hydrogens (primary N) is 1. The average molecular weight is 216 g/mol. The van der Waals surface area contributed by atoms with Gasteiger partial charge in [-0.25, -0.2) is 4.98 Å². The normalized spacial score (nSPS) is 13.0. The zero-order chi connectivity index (χ0) is 8.27. The lowest BCUT2D eigenvalue weighted by Gasteiger charge is -2.07. The van der Waals surface area contributed by atoms with Gasteiger partial charge < -0.3 is 5.73 Å². The molecule has 0 amide bonds. The molecule has 0 aliphatic carbocycles. The quantitative estimate of drug-likeness (QED) is 0.817. The van der Waals surface area contributed by atoms with Crippen LogP contribution in [0.2, 0.25) is 0 Å². The summed E-state index contributed by atoms with van der Waals surface area (Å²) in [6, 6.07) is -0.0157. The van der Waals surface area contributed by atoms with Gasteiger partial charge in [0.25, 0.3) is 0 Å². The van der Waals surface area contributed by atoms with Crippen LogP contribution in [0.4, 0.5) is 0 Å². The topological polar surface area (TPSA) is 51.8 Å². The number of halogens is 1. The van der Waals surface area contributed by atoms with Crippen molar-refractivity contribution in [3.05, 3.63) is 22.7 Å². The minimum Gasteiger partial charge on any atom is -0.323 e. The van der Waals surface area contributed by atoms with Crippen LogP contribution in [0.25, 0.3) is 0 Å². The van der Waals surface area contributed by atoms with E-state index in [0.29, 0.717) is 0 Å². The van der Waals surface area contributed by atoms with Gasteiger partial charge in [0, 0.05) is 18.4 Å². The van der Waals surface area contributed by atoms with Crippen LogP contribution in [0.3, 0.4) is 0 Å². The predicted octanol–water partition coefficient (Wildman–Crippen LogP) is 1.65. The lowest BCUT2D eigenvalue weighted by molar-refractivity contribution is 0.665. The number of aromatic nitrogens is 2. The molecule has 60 valence electrons. The molecule has 0 saturated carbocycles. The fourth-order valence-electron chi connectivity index (χ4n) is 0.774. The molecule has 1 aromatic heterocycles. The molecule has 1 unspecified atom stereocenters. The van der Waals surface area contributed by atoms with Gasteiger partial charge in [-0.1, -0.05) is 6.92 Å². The van der Waals surface area contributed by atoms with Gasteiger partial charge in [-0.3, -0.25) is 4.98 Å². The predicted molar refractivity (Wildman–Crippen MR) is 47.0 cm³/mol. The van der Waals surface area contributed by atoms with Crippen LogP contribution >= 0.6 is 15.9 Å². The Morgan fingerprint density at radius 3 is 2.73 bits per heavy atom. The fraction of sp³-hybridized carbons (Fsp3) is 0.429. The summed E-state index contributed by atoms with van der Waals surface area (Å²) in [5, 5.41) is 0. The van der Waals surface area contributed by atoms with Gasteiger partial charge in [0.05, 0.1) is 5.69 Å². The van der Waals surface area contributed by atoms with E-state index in [1.54, 1.807) is 12.4 Å². The van der Waals surface area contributed by atoms with Crippen molar-refractivity contribution in [2.75, 3.05) is 0 Å². The van der Waals surface area contributed by atoms with Crippen LogP contribution in [-0.4, -0.2) is 9.97 Å². The number of hydrogen-bond donors (Lipinski definition) is 1. The first-order chi connectivity index (χ1) is 5.25. The minimum absolute atomic E-state index is 0.0157. The highest BCUT2D eigenvalue weighted by molar-refractivity contribution is 9.10. The molecule has 1 heterocycles. The molecule has 1 aromatic rings. The van der Waals surface area contributed by atoms with Gasteiger partial charge in [-0.15, -0.1) is 0 Å². The van der Waals surface area contributed by atoms with Crippen LogP contribution in [0, 0.1) is 0 Å². The van der Waals surface area contributed by atoms with Crippen LogP contribution in [0.5, 0.6) is 0 Å². The van der Waals surface area contributed by atoms with Gasteiger partial charge in [-0.2, -0.15) is 0 Å². The summed E-state index contributed by atoms with van der Waals surface area (Å²) < 4.78 is 0.745. The molecule has 0 aromatic carbocycles. The summed E-state index contributed by atoms with van der Waals surface area (Å²) in [5.74, 6) is 0. The Hall–Kier alpha value is -0.480. The van der Waals surface area contributed by atoms with E-state index >= 15 is 0 Å². The Bertz CT molecular complexity index is 239. The van der Waals surface area contributed by atoms with Crippen molar-refractivity contribution < 1.29 is 0 Å². The number of hydrogen-bond acceptors (Lipinski definition) is 3. The van der Waals surface area contributed by atoms with Gasteiger partial charge in [0.2, 0.25) is 0 Å². The molecule has 0 spiro atoms. The van der Waals surface area contributed by atoms with E-state index in [4.69, 9.17) is 5.73 Å². The number of rotatable bonds is 2. The second-order valence-corrected chi connectivity index (χ2v) is 3.00. The lowest BCUT2D eigenvalue weighted by atomic mass is 10.2. The first kappa shape index (κ1) is 8.62. The molecule has 3 nitrogen and oxygen atoms in total. The standard InChI is InChI=1S/C7H10BrN3/c1-2-5(9)6-7(8)11-4-3-10-6/h3-5H,2,9H2,1H3. The van der Waals surface area contributed by atoms with Crippen LogP contribution < -0.4 is 5.73 Å². The molecule has 0 aliphatic rings. The molecule has 0 radical (unpaired) electrons. The van der Waals surface area contributed by atoms with Crippen molar-refractivity contribution in [3.8, 4) is 0 Å². The van der Waals surface area contributed by atoms with Crippen molar-refractivity contribution in [1.29, 1.82) is 0 Å². The third kappa shape index (κ3) is 1.97. The number of nitrogens with zero attached hydrogens (tertiary/aromatic N) is 2. The van der Waals surface area contributed by atoms with Crippen molar-refractivity contribution >= 4 is 15.9 Å². The third-order valence-electron chi connectivity index (χ3n) is 1.47. The van der Waals surface area contributed by atoms with Crippen LogP contribution in [-0.2, 0) is 0 Å². The van der Waals surface area contributed by atoms with E-state index in [-0.39, 0.29) is 6.04 Å². The smallest absolute Gasteiger partial charge is 0.129 e. The molecule has 0 fully saturated rings. The van der Waals surface area contributed by atoms with E-state index in [1.807, 2.05) is 6.92 Å². The highest BCUT2D eigenvalue weighted by Crippen LogP contribution is 2.17.